The first-order valence-corrected chi connectivity index (χ1v) is 11.5. The van der Waals surface area contributed by atoms with Crippen molar-refractivity contribution in [1.29, 1.82) is 0 Å². The fourth-order valence-electron chi connectivity index (χ4n) is 3.27. The van der Waals surface area contributed by atoms with E-state index in [1.165, 1.54) is 36.9 Å². The van der Waals surface area contributed by atoms with Gasteiger partial charge in [-0.15, -0.1) is 0 Å². The topological polar surface area (TPSA) is 95.6 Å². The second kappa shape index (κ2) is 7.82. The molecule has 0 amide bonds. The Morgan fingerprint density at radius 2 is 1.74 bits per heavy atom. The van der Waals surface area contributed by atoms with E-state index in [1.54, 1.807) is 0 Å². The molecule has 4 aromatic rings. The lowest BCUT2D eigenvalue weighted by molar-refractivity contribution is -0.141. The molecule has 34 heavy (non-hydrogen) atoms. The van der Waals surface area contributed by atoms with Gasteiger partial charge in [0.2, 0.25) is 0 Å². The van der Waals surface area contributed by atoms with Crippen molar-refractivity contribution in [2.24, 2.45) is 7.05 Å². The van der Waals surface area contributed by atoms with Crippen LogP contribution in [-0.2, 0) is 29.0 Å². The van der Waals surface area contributed by atoms with E-state index in [9.17, 15) is 30.4 Å². The highest BCUT2D eigenvalue weighted by Crippen LogP contribution is 2.33. The van der Waals surface area contributed by atoms with E-state index in [0.717, 1.165) is 23.0 Å². The number of rotatable bonds is 5. The van der Waals surface area contributed by atoms with Gasteiger partial charge in [-0.3, -0.25) is 0 Å². The quantitative estimate of drug-likeness (QED) is 0.382. The Balaban J connectivity index is 1.95. The van der Waals surface area contributed by atoms with Crippen molar-refractivity contribution < 1.29 is 30.4 Å². The Morgan fingerprint density at radius 1 is 1.03 bits per heavy atom. The highest BCUT2D eigenvalue weighted by atomic mass is 32.2. The van der Waals surface area contributed by atoms with Crippen LogP contribution in [0.4, 0.5) is 22.0 Å². The number of hydrogen-bond donors (Lipinski definition) is 0. The maximum Gasteiger partial charge on any atom is 0.433 e. The maximum absolute atomic E-state index is 13.6. The largest absolute Gasteiger partial charge is 0.433 e. The molecule has 180 valence electrons. The van der Waals surface area contributed by atoms with Crippen molar-refractivity contribution in [3.05, 3.63) is 48.0 Å². The molecule has 0 N–H and O–H groups in total. The van der Waals surface area contributed by atoms with E-state index < -0.39 is 33.3 Å². The zero-order valence-electron chi connectivity index (χ0n) is 18.0. The lowest BCUT2D eigenvalue weighted by Crippen LogP contribution is -2.12. The predicted molar refractivity (Wildman–Crippen MR) is 111 cm³/mol. The van der Waals surface area contributed by atoms with Gasteiger partial charge in [0.05, 0.1) is 27.9 Å². The van der Waals surface area contributed by atoms with Gasteiger partial charge in [-0.25, -0.2) is 28.1 Å². The summed E-state index contributed by atoms with van der Waals surface area (Å²) in [6.07, 6.45) is -2.48. The van der Waals surface area contributed by atoms with Gasteiger partial charge in [-0.2, -0.15) is 27.1 Å². The van der Waals surface area contributed by atoms with Crippen LogP contribution >= 0.6 is 0 Å². The molecule has 0 saturated heterocycles. The molecule has 4 heterocycles. The summed E-state index contributed by atoms with van der Waals surface area (Å²) in [5.41, 5.74) is -1.69. The van der Waals surface area contributed by atoms with Crippen molar-refractivity contribution >= 4 is 20.9 Å². The lowest BCUT2D eigenvalue weighted by Gasteiger charge is -2.11. The van der Waals surface area contributed by atoms with Crippen LogP contribution in [0.1, 0.15) is 25.2 Å². The average molecular weight is 500 g/mol. The van der Waals surface area contributed by atoms with Crippen molar-refractivity contribution in [1.82, 2.24) is 29.3 Å². The van der Waals surface area contributed by atoms with Gasteiger partial charge >= 0.3 is 6.18 Å². The van der Waals surface area contributed by atoms with Gasteiger partial charge in [0, 0.05) is 20.2 Å². The zero-order valence-corrected chi connectivity index (χ0v) is 18.8. The second-order valence-corrected chi connectivity index (χ2v) is 9.75. The van der Waals surface area contributed by atoms with Crippen molar-refractivity contribution in [3.8, 4) is 17.3 Å². The van der Waals surface area contributed by atoms with Gasteiger partial charge in [0.15, 0.2) is 21.5 Å². The molecular weight excluding hydrogens is 483 g/mol. The second-order valence-electron chi connectivity index (χ2n) is 7.50. The summed E-state index contributed by atoms with van der Waals surface area (Å²) in [5.74, 6) is -3.52. The molecule has 0 aliphatic rings. The Kier molecular flexibility index (Phi) is 5.46. The molecule has 0 saturated carbocycles. The van der Waals surface area contributed by atoms with Gasteiger partial charge < -0.3 is 4.57 Å². The van der Waals surface area contributed by atoms with Crippen LogP contribution in [0.5, 0.6) is 0 Å². The summed E-state index contributed by atoms with van der Waals surface area (Å²) in [6, 6.07) is 4.38. The first kappa shape index (κ1) is 23.7. The Morgan fingerprint density at radius 3 is 2.32 bits per heavy atom. The molecule has 0 fully saturated rings. The summed E-state index contributed by atoms with van der Waals surface area (Å²) in [6.45, 7) is 2.10. The van der Waals surface area contributed by atoms with Crippen molar-refractivity contribution in [3.63, 3.8) is 0 Å². The number of nitrogens with zero attached hydrogens (tertiary/aromatic N) is 6. The Bertz CT molecular complexity index is 1500. The van der Waals surface area contributed by atoms with Gasteiger partial charge in [-0.05, 0) is 24.3 Å². The summed E-state index contributed by atoms with van der Waals surface area (Å²) in [4.78, 5) is 11.7. The minimum Gasteiger partial charge on any atom is -0.324 e. The SMILES string of the molecule is CCS(=O)(=O)c1ccc(-n2ccc(C(C)(F)F)n2)nc1-c1nc2cc(C(F)(F)F)ncc2n1C. The molecule has 0 bridgehead atoms. The summed E-state index contributed by atoms with van der Waals surface area (Å²) < 4.78 is 94.3. The number of pyridine rings is 2. The molecule has 0 unspecified atom stereocenters. The fraction of sp³-hybridized carbons (Fsp3) is 0.300. The van der Waals surface area contributed by atoms with Crippen LogP contribution in [-0.4, -0.2) is 43.5 Å². The highest BCUT2D eigenvalue weighted by molar-refractivity contribution is 7.91. The van der Waals surface area contributed by atoms with E-state index in [1.807, 2.05) is 0 Å². The van der Waals surface area contributed by atoms with E-state index in [-0.39, 0.29) is 39.0 Å². The molecular formula is C20H17F5N6O2S. The number of alkyl halides is 5. The molecule has 0 atom stereocenters. The molecule has 8 nitrogen and oxygen atoms in total. The van der Waals surface area contributed by atoms with Gasteiger partial charge in [0.1, 0.15) is 17.1 Å². The first-order valence-electron chi connectivity index (χ1n) is 9.80. The molecule has 0 aliphatic carbocycles. The van der Waals surface area contributed by atoms with E-state index >= 15 is 0 Å². The number of hydrogen-bond acceptors (Lipinski definition) is 6. The molecule has 4 rings (SSSR count). The predicted octanol–water partition coefficient (Wildman–Crippen LogP) is 4.14. The van der Waals surface area contributed by atoms with Crippen LogP contribution in [0, 0.1) is 0 Å². The standard InChI is InChI=1S/C20H17F5N6O2S/c1-4-34(32,33)13-5-6-16(31-8-7-14(29-31)19(2,21)22)28-17(13)18-27-11-9-15(20(23,24)25)26-10-12(11)30(18)3/h5-10H,4H2,1-3H3. The highest BCUT2D eigenvalue weighted by Gasteiger charge is 2.33. The first-order chi connectivity index (χ1) is 15.7. The van der Waals surface area contributed by atoms with Crippen LogP contribution in [0.15, 0.2) is 41.6 Å². The molecule has 0 aromatic carbocycles. The summed E-state index contributed by atoms with van der Waals surface area (Å²) >= 11 is 0. The van der Waals surface area contributed by atoms with E-state index in [0.29, 0.717) is 6.92 Å². The Hall–Kier alpha value is -3.42. The number of aromatic nitrogens is 6. The minimum atomic E-state index is -4.69. The number of imidazole rings is 1. The third kappa shape index (κ3) is 4.13. The molecule has 0 spiro atoms. The number of halogens is 5. The minimum absolute atomic E-state index is 0.0155. The third-order valence-electron chi connectivity index (χ3n) is 5.10. The van der Waals surface area contributed by atoms with Crippen LogP contribution < -0.4 is 0 Å². The van der Waals surface area contributed by atoms with Gasteiger partial charge in [-0.1, -0.05) is 6.92 Å². The molecule has 0 aliphatic heterocycles. The molecule has 4 aromatic heterocycles. The fourth-order valence-corrected chi connectivity index (χ4v) is 4.29. The number of sulfone groups is 1. The Labute approximate surface area is 190 Å². The normalized spacial score (nSPS) is 13.1. The zero-order chi connectivity index (χ0) is 25.1. The van der Waals surface area contributed by atoms with Crippen molar-refractivity contribution in [2.45, 2.75) is 30.8 Å². The summed E-state index contributed by atoms with van der Waals surface area (Å²) in [5, 5.41) is 3.79. The lowest BCUT2D eigenvalue weighted by atomic mass is 10.3. The monoisotopic (exact) mass is 500 g/mol. The number of aryl methyl sites for hydroxylation is 1. The van der Waals surface area contributed by atoms with Crippen LogP contribution in [0.3, 0.4) is 0 Å². The van der Waals surface area contributed by atoms with E-state index in [2.05, 4.69) is 20.1 Å². The van der Waals surface area contributed by atoms with Crippen molar-refractivity contribution in [2.75, 3.05) is 5.75 Å². The summed E-state index contributed by atoms with van der Waals surface area (Å²) in [7, 11) is -2.37. The third-order valence-corrected chi connectivity index (χ3v) is 6.86. The van der Waals surface area contributed by atoms with E-state index in [4.69, 9.17) is 0 Å². The maximum atomic E-state index is 13.6. The average Bonchev–Trinajstić information content (AvgIpc) is 3.38. The van der Waals surface area contributed by atoms with Gasteiger partial charge in [0.25, 0.3) is 5.92 Å². The van der Waals surface area contributed by atoms with Crippen LogP contribution in [0.25, 0.3) is 28.4 Å². The molecule has 14 heteroatoms. The smallest absolute Gasteiger partial charge is 0.324 e. The molecule has 0 radical (unpaired) electrons. The number of fused-ring (bicyclic) bond motifs is 1. The van der Waals surface area contributed by atoms with Crippen LogP contribution in [0.2, 0.25) is 0 Å².